The number of anilines is 5. The average molecular weight is 787 g/mol. The molecular formula is C43H29Cl2N11O. The molecule has 4 N–H and O–H groups in total. The van der Waals surface area contributed by atoms with Crippen LogP contribution in [-0.2, 0) is 0 Å². The van der Waals surface area contributed by atoms with Gasteiger partial charge in [-0.2, -0.15) is 20.6 Å². The summed E-state index contributed by atoms with van der Waals surface area (Å²) in [5.74, 6) is 0.312. The summed E-state index contributed by atoms with van der Waals surface area (Å²) in [7, 11) is 0. The molecule has 276 valence electrons. The molecule has 2 amide bonds. The molecule has 12 nitrogen and oxygen atoms in total. The molecule has 2 aromatic heterocycles. The van der Waals surface area contributed by atoms with E-state index in [9.17, 15) is 15.3 Å². The first kappa shape index (κ1) is 37.7. The highest BCUT2D eigenvalue weighted by molar-refractivity contribution is 6.34. The van der Waals surface area contributed by atoms with Gasteiger partial charge >= 0.3 is 6.03 Å². The summed E-state index contributed by atoms with van der Waals surface area (Å²) in [5, 5.41) is 31.9. The number of hydrazone groups is 1. The van der Waals surface area contributed by atoms with E-state index in [1.807, 2.05) is 43.3 Å². The zero-order valence-corrected chi connectivity index (χ0v) is 31.5. The molecule has 0 saturated carbocycles. The van der Waals surface area contributed by atoms with Crippen molar-refractivity contribution < 1.29 is 4.79 Å². The Labute approximate surface area is 337 Å². The van der Waals surface area contributed by atoms with Crippen LogP contribution in [-0.4, -0.2) is 31.7 Å². The molecule has 0 atom stereocenters. The van der Waals surface area contributed by atoms with Crippen LogP contribution >= 0.6 is 23.2 Å². The monoisotopic (exact) mass is 785 g/mol. The minimum Gasteiger partial charge on any atom is -0.350 e. The van der Waals surface area contributed by atoms with Gasteiger partial charge in [-0.15, -0.1) is 0 Å². The van der Waals surface area contributed by atoms with Crippen molar-refractivity contribution in [3.8, 4) is 34.4 Å². The molecule has 0 unspecified atom stereocenters. The van der Waals surface area contributed by atoms with Gasteiger partial charge in [0.2, 0.25) is 11.9 Å². The Morgan fingerprint density at radius 3 is 1.49 bits per heavy atom. The summed E-state index contributed by atoms with van der Waals surface area (Å²) >= 11 is 13.7. The molecule has 0 saturated heterocycles. The van der Waals surface area contributed by atoms with E-state index in [1.165, 1.54) is 0 Å². The highest BCUT2D eigenvalue weighted by Gasteiger charge is 2.27. The lowest BCUT2D eigenvalue weighted by atomic mass is 9.97. The SMILES string of the molecule is Cc1ccc(N(N=C(c2nc(Nc3ccc(C#N)cc3)ncc2-c2ccccc2Cl)c2nc(Nc3ccc(C#N)cc3)ncc2-c2ccccc2Cl)C(N)=O)cc1. The van der Waals surface area contributed by atoms with Crippen molar-refractivity contribution in [2.45, 2.75) is 6.92 Å². The van der Waals surface area contributed by atoms with Crippen LogP contribution in [0.1, 0.15) is 28.1 Å². The van der Waals surface area contributed by atoms with E-state index >= 15 is 0 Å². The zero-order valence-electron chi connectivity index (χ0n) is 30.0. The maximum atomic E-state index is 13.4. The van der Waals surface area contributed by atoms with Gasteiger partial charge in [-0.25, -0.2) is 24.7 Å². The van der Waals surface area contributed by atoms with Gasteiger partial charge in [0.15, 0.2) is 0 Å². The summed E-state index contributed by atoms with van der Waals surface area (Å²) < 4.78 is 0. The van der Waals surface area contributed by atoms with Gasteiger partial charge in [-0.1, -0.05) is 77.3 Å². The van der Waals surface area contributed by atoms with E-state index in [-0.39, 0.29) is 29.0 Å². The Morgan fingerprint density at radius 1 is 0.649 bits per heavy atom. The summed E-state index contributed by atoms with van der Waals surface area (Å²) in [6, 6.07) is 38.4. The van der Waals surface area contributed by atoms with E-state index in [0.29, 0.717) is 60.5 Å². The number of carbonyl (C=O) groups excluding carboxylic acids is 1. The molecular weight excluding hydrogens is 757 g/mol. The summed E-state index contributed by atoms with van der Waals surface area (Å²) in [6.07, 6.45) is 3.19. The van der Waals surface area contributed by atoms with Crippen molar-refractivity contribution in [3.63, 3.8) is 0 Å². The predicted molar refractivity (Wildman–Crippen MR) is 223 cm³/mol. The third kappa shape index (κ3) is 8.53. The zero-order chi connectivity index (χ0) is 39.9. The van der Waals surface area contributed by atoms with Gasteiger partial charge in [0, 0.05) is 56.1 Å². The normalized spacial score (nSPS) is 10.5. The minimum absolute atomic E-state index is 0.0785. The Balaban J connectivity index is 1.53. The molecule has 2 heterocycles. The van der Waals surface area contributed by atoms with Gasteiger partial charge in [0.1, 0.15) is 17.1 Å². The molecule has 0 spiro atoms. The van der Waals surface area contributed by atoms with Crippen molar-refractivity contribution >= 4 is 63.9 Å². The molecule has 7 rings (SSSR count). The summed E-state index contributed by atoms with van der Waals surface area (Å²) in [6.45, 7) is 1.92. The first-order valence-corrected chi connectivity index (χ1v) is 18.0. The summed E-state index contributed by atoms with van der Waals surface area (Å²) in [4.78, 5) is 32.7. The fourth-order valence-electron chi connectivity index (χ4n) is 5.74. The third-order valence-electron chi connectivity index (χ3n) is 8.58. The number of amides is 2. The van der Waals surface area contributed by atoms with E-state index in [4.69, 9.17) is 44.0 Å². The number of urea groups is 1. The van der Waals surface area contributed by atoms with E-state index in [2.05, 4.69) is 32.7 Å². The topological polar surface area (TPSA) is 182 Å². The second kappa shape index (κ2) is 16.8. The quantitative estimate of drug-likeness (QED) is 0.0898. The maximum absolute atomic E-state index is 13.4. The molecule has 0 aliphatic rings. The van der Waals surface area contributed by atoms with Crippen LogP contribution in [0, 0.1) is 29.6 Å². The highest BCUT2D eigenvalue weighted by Crippen LogP contribution is 2.36. The molecule has 0 aliphatic heterocycles. The molecule has 0 fully saturated rings. The van der Waals surface area contributed by atoms with Crippen LogP contribution in [0.15, 0.2) is 139 Å². The maximum Gasteiger partial charge on any atom is 0.340 e. The van der Waals surface area contributed by atoms with Crippen LogP contribution in [0.2, 0.25) is 10.0 Å². The number of benzene rings is 5. The van der Waals surface area contributed by atoms with Crippen molar-refractivity contribution in [2.75, 3.05) is 15.6 Å². The Kier molecular flexibility index (Phi) is 11.1. The Hall–Kier alpha value is -7.64. The van der Waals surface area contributed by atoms with Gasteiger partial charge in [0.05, 0.1) is 29.0 Å². The lowest BCUT2D eigenvalue weighted by Gasteiger charge is -2.21. The largest absolute Gasteiger partial charge is 0.350 e. The number of hydrogen-bond donors (Lipinski definition) is 3. The Morgan fingerprint density at radius 2 is 1.09 bits per heavy atom. The van der Waals surface area contributed by atoms with Crippen molar-refractivity contribution in [1.29, 1.82) is 10.5 Å². The number of nitrogens with two attached hydrogens (primary N) is 1. The number of nitrogens with one attached hydrogen (secondary N) is 2. The van der Waals surface area contributed by atoms with Crippen LogP contribution < -0.4 is 21.4 Å². The van der Waals surface area contributed by atoms with Gasteiger partial charge in [-0.05, 0) is 79.7 Å². The molecule has 0 radical (unpaired) electrons. The number of primary amides is 1. The number of halogens is 2. The van der Waals surface area contributed by atoms with E-state index in [0.717, 1.165) is 10.6 Å². The van der Waals surface area contributed by atoms with Crippen molar-refractivity contribution in [3.05, 3.63) is 172 Å². The molecule has 5 aromatic carbocycles. The first-order valence-electron chi connectivity index (χ1n) is 17.2. The molecule has 14 heteroatoms. The van der Waals surface area contributed by atoms with Crippen LogP contribution in [0.3, 0.4) is 0 Å². The second-order valence-corrected chi connectivity index (χ2v) is 13.2. The number of rotatable bonds is 10. The first-order chi connectivity index (χ1) is 27.7. The minimum atomic E-state index is -0.884. The standard InChI is InChI=1S/C43H29Cl2N11O/c1-26-10-20-31(21-11-26)56(41(48)57)55-40(38-34(32-6-2-4-8-36(32)44)24-49-42(53-38)51-29-16-12-27(22-46)13-17-29)39-35(33-7-3-5-9-37(33)45)25-50-43(54-39)52-30-18-14-28(23-47)15-19-30/h2-21,24-25H,1H3,(H2,48,57)(H,49,51,53)(H,50,52,54). The number of nitriles is 2. The predicted octanol–water partition coefficient (Wildman–Crippen LogP) is 9.78. The van der Waals surface area contributed by atoms with Gasteiger partial charge in [0.25, 0.3) is 0 Å². The van der Waals surface area contributed by atoms with E-state index in [1.54, 1.807) is 97.3 Å². The number of aryl methyl sites for hydroxylation is 1. The fourth-order valence-corrected chi connectivity index (χ4v) is 6.22. The van der Waals surface area contributed by atoms with Crippen LogP contribution in [0.5, 0.6) is 0 Å². The van der Waals surface area contributed by atoms with Gasteiger partial charge < -0.3 is 16.4 Å². The molecule has 57 heavy (non-hydrogen) atoms. The third-order valence-corrected chi connectivity index (χ3v) is 9.24. The number of hydrogen-bond acceptors (Lipinski definition) is 10. The molecule has 0 bridgehead atoms. The fraction of sp³-hybridized carbons (Fsp3) is 0.0233. The Bertz CT molecular complexity index is 2570. The van der Waals surface area contributed by atoms with Crippen molar-refractivity contribution in [2.24, 2.45) is 10.8 Å². The molecule has 7 aromatic rings. The van der Waals surface area contributed by atoms with Crippen LogP contribution in [0.4, 0.5) is 33.8 Å². The number of aromatic nitrogens is 4. The lowest BCUT2D eigenvalue weighted by molar-refractivity contribution is 0.254. The van der Waals surface area contributed by atoms with Crippen LogP contribution in [0.25, 0.3) is 22.3 Å². The summed E-state index contributed by atoms with van der Waals surface area (Å²) in [5.41, 5.74) is 12.1. The molecule has 0 aliphatic carbocycles. The van der Waals surface area contributed by atoms with Gasteiger partial charge in [-0.3, -0.25) is 0 Å². The van der Waals surface area contributed by atoms with Crippen molar-refractivity contribution in [1.82, 2.24) is 19.9 Å². The number of nitrogens with zero attached hydrogens (tertiary/aromatic N) is 8. The highest BCUT2D eigenvalue weighted by atomic mass is 35.5. The lowest BCUT2D eigenvalue weighted by Crippen LogP contribution is -2.33. The smallest absolute Gasteiger partial charge is 0.340 e. The second-order valence-electron chi connectivity index (χ2n) is 12.4. The average Bonchev–Trinajstić information content (AvgIpc) is 3.23. The number of carbonyl (C=O) groups is 1. The van der Waals surface area contributed by atoms with E-state index < -0.39 is 6.03 Å².